The third-order valence-electron chi connectivity index (χ3n) is 1.53. The van der Waals surface area contributed by atoms with Gasteiger partial charge in [0.1, 0.15) is 6.20 Å². The van der Waals surface area contributed by atoms with Crippen LogP contribution in [0.2, 0.25) is 0 Å². The third-order valence-corrected chi connectivity index (χ3v) is 1.53. The van der Waals surface area contributed by atoms with Crippen molar-refractivity contribution in [2.24, 2.45) is 4.99 Å². The van der Waals surface area contributed by atoms with Gasteiger partial charge in [0.05, 0.1) is 19.8 Å². The molecule has 0 bridgehead atoms. The predicted molar refractivity (Wildman–Crippen MR) is 39.0 cm³/mol. The van der Waals surface area contributed by atoms with Crippen molar-refractivity contribution in [2.45, 2.75) is 13.3 Å². The first-order chi connectivity index (χ1) is 4.27. The number of nitrogens with zero attached hydrogens (tertiary/aromatic N) is 2. The average molecular weight is 252 g/mol. The minimum Gasteiger partial charge on any atom is -1.00 e. The van der Waals surface area contributed by atoms with E-state index >= 15 is 0 Å². The molecular weight excluding hydrogens is 239 g/mol. The number of halogens is 1. The van der Waals surface area contributed by atoms with Crippen LogP contribution in [-0.2, 0) is 0 Å². The van der Waals surface area contributed by atoms with Gasteiger partial charge in [-0.1, -0.05) is 6.92 Å². The molecule has 0 aromatic carbocycles. The second-order valence-corrected chi connectivity index (χ2v) is 2.63. The lowest BCUT2D eigenvalue weighted by Crippen LogP contribution is -3.00. The van der Waals surface area contributed by atoms with Crippen LogP contribution < -0.4 is 24.0 Å². The summed E-state index contributed by atoms with van der Waals surface area (Å²) in [4.78, 5) is 4.02. The quantitative estimate of drug-likeness (QED) is 0.413. The van der Waals surface area contributed by atoms with Crippen molar-refractivity contribution >= 4 is 6.34 Å². The summed E-state index contributed by atoms with van der Waals surface area (Å²) >= 11 is 0. The molecule has 0 fully saturated rings. The topological polar surface area (TPSA) is 12.4 Å². The fourth-order valence-electron chi connectivity index (χ4n) is 1.03. The Morgan fingerprint density at radius 2 is 2.20 bits per heavy atom. The number of quaternary nitrogens is 1. The second kappa shape index (κ2) is 4.08. The van der Waals surface area contributed by atoms with Crippen molar-refractivity contribution in [1.82, 2.24) is 0 Å². The average Bonchev–Trinajstić information content (AvgIpc) is 2.16. The molecule has 0 aromatic heterocycles. The highest BCUT2D eigenvalue weighted by atomic mass is 127. The van der Waals surface area contributed by atoms with Gasteiger partial charge in [0.2, 0.25) is 0 Å². The number of aliphatic imine (C=N–C) groups is 1. The van der Waals surface area contributed by atoms with Gasteiger partial charge in [0.15, 0.2) is 6.34 Å². The highest BCUT2D eigenvalue weighted by Gasteiger charge is 2.16. The first-order valence-electron chi connectivity index (χ1n) is 3.34. The molecule has 2 nitrogen and oxygen atoms in total. The summed E-state index contributed by atoms with van der Waals surface area (Å²) < 4.78 is 0.872. The van der Waals surface area contributed by atoms with E-state index in [1.54, 1.807) is 0 Å². The predicted octanol–water partition coefficient (Wildman–Crippen LogP) is -1.64. The summed E-state index contributed by atoms with van der Waals surface area (Å²) in [6.45, 7) is 3.34. The molecule has 0 aliphatic carbocycles. The van der Waals surface area contributed by atoms with Gasteiger partial charge in [0, 0.05) is 0 Å². The summed E-state index contributed by atoms with van der Waals surface area (Å²) in [5.41, 5.74) is 0. The van der Waals surface area contributed by atoms with Crippen molar-refractivity contribution in [3.8, 4) is 0 Å². The Labute approximate surface area is 79.2 Å². The molecule has 10 heavy (non-hydrogen) atoms. The minimum absolute atomic E-state index is 0. The zero-order chi connectivity index (χ0) is 6.74. The Kier molecular flexibility index (Phi) is 4.12. The maximum absolute atomic E-state index is 4.02. The minimum atomic E-state index is 0. The smallest absolute Gasteiger partial charge is 0.194 e. The maximum Gasteiger partial charge on any atom is 0.194 e. The van der Waals surface area contributed by atoms with E-state index in [-0.39, 0.29) is 24.0 Å². The van der Waals surface area contributed by atoms with Crippen molar-refractivity contribution in [1.29, 1.82) is 0 Å². The van der Waals surface area contributed by atoms with Crippen LogP contribution in [0.4, 0.5) is 0 Å². The van der Waals surface area contributed by atoms with Gasteiger partial charge in [-0.05, 0) is 6.42 Å². The third kappa shape index (κ3) is 2.38. The van der Waals surface area contributed by atoms with E-state index in [4.69, 9.17) is 0 Å². The molecule has 1 unspecified atom stereocenters. The van der Waals surface area contributed by atoms with Gasteiger partial charge < -0.3 is 24.0 Å². The molecule has 0 radical (unpaired) electrons. The van der Waals surface area contributed by atoms with Crippen LogP contribution in [0.3, 0.4) is 0 Å². The number of hydrogen-bond acceptors (Lipinski definition) is 1. The van der Waals surface area contributed by atoms with Crippen LogP contribution in [0.15, 0.2) is 17.4 Å². The van der Waals surface area contributed by atoms with Gasteiger partial charge >= 0.3 is 0 Å². The zero-order valence-corrected chi connectivity index (χ0v) is 8.58. The Balaban J connectivity index is 0.000000810. The van der Waals surface area contributed by atoms with E-state index in [1.165, 1.54) is 6.42 Å². The van der Waals surface area contributed by atoms with Gasteiger partial charge in [-0.25, -0.2) is 4.99 Å². The van der Waals surface area contributed by atoms with Crippen LogP contribution in [-0.4, -0.2) is 24.4 Å². The maximum atomic E-state index is 4.02. The molecular formula is C7H13IN2. The molecule has 1 atom stereocenters. The van der Waals surface area contributed by atoms with E-state index in [2.05, 4.69) is 25.2 Å². The van der Waals surface area contributed by atoms with E-state index in [1.807, 2.05) is 12.5 Å². The number of hydrogen-bond donors (Lipinski definition) is 0. The van der Waals surface area contributed by atoms with Crippen LogP contribution in [0.5, 0.6) is 0 Å². The highest BCUT2D eigenvalue weighted by molar-refractivity contribution is 5.50. The molecule has 3 heteroatoms. The molecule has 1 rings (SSSR count). The van der Waals surface area contributed by atoms with Gasteiger partial charge in [-0.2, -0.15) is 0 Å². The molecule has 58 valence electrons. The molecule has 1 aliphatic heterocycles. The standard InChI is InChI=1S/C7H13N2.HI/c1-3-5-9(2)6-4-8-7-9;/h4,6-7H,3,5H2,1-2H3;1H/q+1;/p-1. The van der Waals surface area contributed by atoms with Crippen LogP contribution in [0.25, 0.3) is 0 Å². The summed E-state index contributed by atoms with van der Waals surface area (Å²) in [6, 6.07) is 0. The zero-order valence-electron chi connectivity index (χ0n) is 6.42. The molecule has 0 N–H and O–H groups in total. The first-order valence-corrected chi connectivity index (χ1v) is 3.34. The summed E-state index contributed by atoms with van der Waals surface area (Å²) in [6.07, 6.45) is 7.12. The molecule has 1 aliphatic rings. The monoisotopic (exact) mass is 252 g/mol. The van der Waals surface area contributed by atoms with Crippen molar-refractivity contribution < 1.29 is 28.5 Å². The fraction of sp³-hybridized carbons (Fsp3) is 0.571. The van der Waals surface area contributed by atoms with Crippen molar-refractivity contribution in [3.63, 3.8) is 0 Å². The summed E-state index contributed by atoms with van der Waals surface area (Å²) in [5.74, 6) is 0. The number of rotatable bonds is 2. The van der Waals surface area contributed by atoms with Crippen LogP contribution >= 0.6 is 0 Å². The highest BCUT2D eigenvalue weighted by Crippen LogP contribution is 2.06. The largest absolute Gasteiger partial charge is 1.00 e. The molecule has 0 aromatic rings. The molecule has 0 saturated heterocycles. The fourth-order valence-corrected chi connectivity index (χ4v) is 1.03. The molecule has 0 amide bonds. The van der Waals surface area contributed by atoms with E-state index < -0.39 is 0 Å². The Morgan fingerprint density at radius 1 is 1.50 bits per heavy atom. The van der Waals surface area contributed by atoms with E-state index in [0.29, 0.717) is 0 Å². The Morgan fingerprint density at radius 3 is 2.60 bits per heavy atom. The molecule has 1 heterocycles. The normalized spacial score (nSPS) is 28.6. The Bertz CT molecular complexity index is 140. The SMILES string of the molecule is CCC[N+]1(C)C=CN=C1.[I-]. The summed E-state index contributed by atoms with van der Waals surface area (Å²) in [5, 5.41) is 0. The van der Waals surface area contributed by atoms with Crippen LogP contribution in [0, 0.1) is 0 Å². The van der Waals surface area contributed by atoms with E-state index in [0.717, 1.165) is 11.0 Å². The van der Waals surface area contributed by atoms with Gasteiger partial charge in [-0.3, -0.25) is 4.48 Å². The first kappa shape index (κ1) is 10.1. The lowest BCUT2D eigenvalue weighted by molar-refractivity contribution is -0.756. The van der Waals surface area contributed by atoms with Gasteiger partial charge in [0.25, 0.3) is 0 Å². The van der Waals surface area contributed by atoms with Crippen molar-refractivity contribution in [3.05, 3.63) is 12.4 Å². The van der Waals surface area contributed by atoms with Crippen molar-refractivity contribution in [2.75, 3.05) is 13.6 Å². The Hall–Kier alpha value is 0.100. The second-order valence-electron chi connectivity index (χ2n) is 2.63. The molecule has 0 spiro atoms. The van der Waals surface area contributed by atoms with Crippen LogP contribution in [0.1, 0.15) is 13.3 Å². The molecule has 0 saturated carbocycles. The van der Waals surface area contributed by atoms with Gasteiger partial charge in [-0.15, -0.1) is 0 Å². The summed E-state index contributed by atoms with van der Waals surface area (Å²) in [7, 11) is 2.15. The van der Waals surface area contributed by atoms with E-state index in [9.17, 15) is 0 Å². The lowest BCUT2D eigenvalue weighted by Gasteiger charge is -2.19. The lowest BCUT2D eigenvalue weighted by atomic mass is 10.4.